The first kappa shape index (κ1) is 17.7. The summed E-state index contributed by atoms with van der Waals surface area (Å²) in [5.41, 5.74) is 5.29. The van der Waals surface area contributed by atoms with Crippen molar-refractivity contribution in [1.29, 1.82) is 0 Å². The van der Waals surface area contributed by atoms with Gasteiger partial charge in [0.2, 0.25) is 0 Å². The van der Waals surface area contributed by atoms with Crippen LogP contribution in [0, 0.1) is 6.92 Å². The highest BCUT2D eigenvalue weighted by molar-refractivity contribution is 6.42. The molecule has 0 saturated heterocycles. The molecule has 0 radical (unpaired) electrons. The Morgan fingerprint density at radius 2 is 1.88 bits per heavy atom. The first-order valence-corrected chi connectivity index (χ1v) is 8.43. The second-order valence-electron chi connectivity index (χ2n) is 5.39. The first-order valence-electron chi connectivity index (χ1n) is 7.29. The molecule has 1 amide bonds. The summed E-state index contributed by atoms with van der Waals surface area (Å²) in [6, 6.07) is 12.3. The van der Waals surface area contributed by atoms with Crippen LogP contribution < -0.4 is 5.43 Å². The molecule has 0 unspecified atom stereocenters. The number of halogens is 3. The van der Waals surface area contributed by atoms with Gasteiger partial charge in [0, 0.05) is 16.5 Å². The first-order chi connectivity index (χ1) is 11.9. The molecule has 3 rings (SSSR count). The normalized spacial score (nSPS) is 11.2. The molecular weight excluding hydrogens is 381 g/mol. The molecule has 1 N–H and O–H groups in total. The summed E-state index contributed by atoms with van der Waals surface area (Å²) in [5.74, 6) is -0.407. The molecule has 3 aromatic rings. The van der Waals surface area contributed by atoms with Gasteiger partial charge in [0.15, 0.2) is 0 Å². The fourth-order valence-corrected chi connectivity index (χ4v) is 2.72. The molecule has 0 aliphatic carbocycles. The van der Waals surface area contributed by atoms with Crippen molar-refractivity contribution < 1.29 is 4.79 Å². The minimum Gasteiger partial charge on any atom is -0.267 e. The lowest BCUT2D eigenvalue weighted by molar-refractivity contribution is 0.0955. The van der Waals surface area contributed by atoms with Crippen LogP contribution in [0.2, 0.25) is 15.2 Å². The molecule has 0 spiro atoms. The minimum absolute atomic E-state index is 0.301. The molecule has 0 aliphatic heterocycles. The van der Waals surface area contributed by atoms with E-state index in [1.807, 2.05) is 31.2 Å². The van der Waals surface area contributed by atoms with Crippen LogP contribution in [0.15, 0.2) is 47.6 Å². The third-order valence-corrected chi connectivity index (χ3v) is 4.55. The van der Waals surface area contributed by atoms with Gasteiger partial charge >= 0.3 is 0 Å². The summed E-state index contributed by atoms with van der Waals surface area (Å²) in [6.07, 6.45) is 1.45. The highest BCUT2D eigenvalue weighted by atomic mass is 35.5. The maximum absolute atomic E-state index is 12.1. The second-order valence-corrected chi connectivity index (χ2v) is 6.56. The summed E-state index contributed by atoms with van der Waals surface area (Å²) >= 11 is 17.9. The predicted octanol–water partition coefficient (Wildman–Crippen LogP) is 5.27. The average molecular weight is 393 g/mol. The zero-order valence-corrected chi connectivity index (χ0v) is 15.3. The number of benzene rings is 2. The molecular formula is C18H12Cl3N3O. The lowest BCUT2D eigenvalue weighted by Crippen LogP contribution is -2.17. The van der Waals surface area contributed by atoms with Crippen molar-refractivity contribution >= 4 is 57.8 Å². The molecule has 0 saturated carbocycles. The zero-order valence-electron chi connectivity index (χ0n) is 13.1. The number of pyridine rings is 1. The average Bonchev–Trinajstić information content (AvgIpc) is 2.57. The predicted molar refractivity (Wildman–Crippen MR) is 103 cm³/mol. The number of hydrogen-bond donors (Lipinski definition) is 1. The zero-order chi connectivity index (χ0) is 18.0. The van der Waals surface area contributed by atoms with Crippen molar-refractivity contribution in [3.63, 3.8) is 0 Å². The van der Waals surface area contributed by atoms with Crippen LogP contribution >= 0.6 is 34.8 Å². The maximum atomic E-state index is 12.1. The van der Waals surface area contributed by atoms with Gasteiger partial charge in [0.25, 0.3) is 5.91 Å². The van der Waals surface area contributed by atoms with Gasteiger partial charge in [0.1, 0.15) is 5.15 Å². The van der Waals surface area contributed by atoms with Gasteiger partial charge in [-0.2, -0.15) is 5.10 Å². The minimum atomic E-state index is -0.407. The van der Waals surface area contributed by atoms with E-state index in [0.717, 1.165) is 16.5 Å². The monoisotopic (exact) mass is 391 g/mol. The molecule has 2 aromatic carbocycles. The van der Waals surface area contributed by atoms with Crippen molar-refractivity contribution in [3.05, 3.63) is 74.4 Å². The van der Waals surface area contributed by atoms with Gasteiger partial charge in [-0.15, -0.1) is 0 Å². The Hall–Kier alpha value is -2.14. The van der Waals surface area contributed by atoms with Gasteiger partial charge in [-0.3, -0.25) is 4.79 Å². The number of hydrazone groups is 1. The van der Waals surface area contributed by atoms with Crippen molar-refractivity contribution in [2.75, 3.05) is 0 Å². The van der Waals surface area contributed by atoms with Gasteiger partial charge in [0.05, 0.1) is 21.8 Å². The standard InChI is InChI=1S/C18H12Cl3N3O/c1-10-2-3-11-7-13(17(21)23-16(11)6-10)9-22-24-18(25)12-4-5-14(19)15(20)8-12/h2-9H,1H3,(H,24,25). The Bertz CT molecular complexity index is 1000. The lowest BCUT2D eigenvalue weighted by atomic mass is 10.1. The van der Waals surface area contributed by atoms with Gasteiger partial charge in [-0.1, -0.05) is 46.9 Å². The van der Waals surface area contributed by atoms with E-state index < -0.39 is 5.91 Å². The Morgan fingerprint density at radius 1 is 1.08 bits per heavy atom. The highest BCUT2D eigenvalue weighted by Crippen LogP contribution is 2.23. The molecule has 1 heterocycles. The highest BCUT2D eigenvalue weighted by Gasteiger charge is 2.07. The number of nitrogens with one attached hydrogen (secondary N) is 1. The number of hydrogen-bond acceptors (Lipinski definition) is 3. The smallest absolute Gasteiger partial charge is 0.267 e. The molecule has 7 heteroatoms. The third-order valence-electron chi connectivity index (χ3n) is 3.51. The molecule has 25 heavy (non-hydrogen) atoms. The quantitative estimate of drug-likeness (QED) is 0.375. The number of carbonyl (C=O) groups excluding carboxylic acids is 1. The van der Waals surface area contributed by atoms with Crippen LogP contribution in [-0.4, -0.2) is 17.1 Å². The van der Waals surface area contributed by atoms with Crippen LogP contribution in [0.5, 0.6) is 0 Å². The number of rotatable bonds is 3. The SMILES string of the molecule is Cc1ccc2cc(C=NNC(=O)c3ccc(Cl)c(Cl)c3)c(Cl)nc2c1. The van der Waals surface area contributed by atoms with E-state index in [2.05, 4.69) is 15.5 Å². The molecule has 4 nitrogen and oxygen atoms in total. The number of amides is 1. The Balaban J connectivity index is 1.78. The van der Waals surface area contributed by atoms with E-state index in [9.17, 15) is 4.79 Å². The van der Waals surface area contributed by atoms with Gasteiger partial charge in [-0.25, -0.2) is 10.4 Å². The van der Waals surface area contributed by atoms with Crippen molar-refractivity contribution in [2.45, 2.75) is 6.92 Å². The molecule has 0 atom stereocenters. The van der Waals surface area contributed by atoms with E-state index in [1.54, 1.807) is 12.1 Å². The van der Waals surface area contributed by atoms with Crippen molar-refractivity contribution in [1.82, 2.24) is 10.4 Å². The molecule has 0 fully saturated rings. The van der Waals surface area contributed by atoms with E-state index in [-0.39, 0.29) is 0 Å². The Labute approximate surface area is 159 Å². The van der Waals surface area contributed by atoms with Crippen LogP contribution in [-0.2, 0) is 0 Å². The maximum Gasteiger partial charge on any atom is 0.271 e. The fraction of sp³-hybridized carbons (Fsp3) is 0.0556. The van der Waals surface area contributed by atoms with E-state index in [4.69, 9.17) is 34.8 Å². The largest absolute Gasteiger partial charge is 0.271 e. The van der Waals surface area contributed by atoms with Crippen molar-refractivity contribution in [2.24, 2.45) is 5.10 Å². The second kappa shape index (κ2) is 7.40. The number of nitrogens with zero attached hydrogens (tertiary/aromatic N) is 2. The number of carbonyl (C=O) groups is 1. The molecule has 0 bridgehead atoms. The lowest BCUT2D eigenvalue weighted by Gasteiger charge is -2.04. The van der Waals surface area contributed by atoms with Crippen molar-refractivity contribution in [3.8, 4) is 0 Å². The van der Waals surface area contributed by atoms with E-state index in [1.165, 1.54) is 12.3 Å². The topological polar surface area (TPSA) is 54.4 Å². The summed E-state index contributed by atoms with van der Waals surface area (Å²) < 4.78 is 0. The summed E-state index contributed by atoms with van der Waals surface area (Å²) in [5, 5.41) is 5.86. The molecule has 126 valence electrons. The Kier molecular flexibility index (Phi) is 5.23. The van der Waals surface area contributed by atoms with Crippen LogP contribution in [0.1, 0.15) is 21.5 Å². The molecule has 0 aliphatic rings. The van der Waals surface area contributed by atoms with E-state index >= 15 is 0 Å². The van der Waals surface area contributed by atoms with Gasteiger partial charge < -0.3 is 0 Å². The van der Waals surface area contributed by atoms with E-state index in [0.29, 0.717) is 26.3 Å². The number of aryl methyl sites for hydroxylation is 1. The third kappa shape index (κ3) is 4.10. The summed E-state index contributed by atoms with van der Waals surface area (Å²) in [4.78, 5) is 16.4. The summed E-state index contributed by atoms with van der Waals surface area (Å²) in [7, 11) is 0. The van der Waals surface area contributed by atoms with Crippen LogP contribution in [0.25, 0.3) is 10.9 Å². The fourth-order valence-electron chi connectivity index (χ4n) is 2.22. The number of aromatic nitrogens is 1. The number of fused-ring (bicyclic) bond motifs is 1. The van der Waals surface area contributed by atoms with Gasteiger partial charge in [-0.05, 0) is 42.8 Å². The molecule has 1 aromatic heterocycles. The Morgan fingerprint density at radius 3 is 2.64 bits per heavy atom. The van der Waals surface area contributed by atoms with Crippen LogP contribution in [0.3, 0.4) is 0 Å². The van der Waals surface area contributed by atoms with Crippen LogP contribution in [0.4, 0.5) is 0 Å². The summed E-state index contributed by atoms with van der Waals surface area (Å²) in [6.45, 7) is 1.99.